The first-order chi connectivity index (χ1) is 14.3. The van der Waals surface area contributed by atoms with Crippen LogP contribution in [0.4, 0.5) is 13.2 Å². The second-order valence-electron chi connectivity index (χ2n) is 9.19. The Labute approximate surface area is 172 Å². The van der Waals surface area contributed by atoms with Gasteiger partial charge in [-0.2, -0.15) is 18.3 Å². The monoisotopic (exact) mass is 421 g/mol. The number of piperidine rings is 1. The third kappa shape index (κ3) is 3.91. The van der Waals surface area contributed by atoms with Crippen molar-refractivity contribution in [3.8, 4) is 0 Å². The summed E-state index contributed by atoms with van der Waals surface area (Å²) in [6.45, 7) is -0.350. The molecular formula is C21H26F3N5O. The smallest absolute Gasteiger partial charge is 0.355 e. The Morgan fingerprint density at radius 1 is 1.20 bits per heavy atom. The van der Waals surface area contributed by atoms with Crippen LogP contribution in [0, 0.1) is 29.6 Å². The lowest BCUT2D eigenvalue weighted by Crippen LogP contribution is -2.47. The van der Waals surface area contributed by atoms with E-state index >= 15 is 0 Å². The summed E-state index contributed by atoms with van der Waals surface area (Å²) in [6, 6.07) is 3.41. The zero-order valence-corrected chi connectivity index (χ0v) is 16.6. The maximum Gasteiger partial charge on any atom is 0.393 e. The summed E-state index contributed by atoms with van der Waals surface area (Å²) in [5.74, 6) is -0.722. The number of nitrogens with two attached hydrogens (primary N) is 1. The van der Waals surface area contributed by atoms with Crippen LogP contribution < -0.4 is 11.1 Å². The average molecular weight is 421 g/mol. The van der Waals surface area contributed by atoms with Crippen LogP contribution in [0.3, 0.4) is 0 Å². The van der Waals surface area contributed by atoms with Gasteiger partial charge in [-0.3, -0.25) is 4.79 Å². The van der Waals surface area contributed by atoms with Crippen molar-refractivity contribution in [2.75, 3.05) is 6.54 Å². The minimum atomic E-state index is -4.31. The quantitative estimate of drug-likeness (QED) is 0.751. The molecule has 3 heterocycles. The average Bonchev–Trinajstić information content (AvgIpc) is 3.62. The first-order valence-electron chi connectivity index (χ1n) is 10.7. The molecule has 3 N–H and O–H groups in total. The molecule has 0 aromatic carbocycles. The highest BCUT2D eigenvalue weighted by Crippen LogP contribution is 2.53. The highest BCUT2D eigenvalue weighted by atomic mass is 19.4. The Balaban J connectivity index is 1.33. The van der Waals surface area contributed by atoms with Crippen molar-refractivity contribution in [3.05, 3.63) is 29.7 Å². The normalized spacial score (nSPS) is 26.2. The van der Waals surface area contributed by atoms with Crippen LogP contribution >= 0.6 is 0 Å². The van der Waals surface area contributed by atoms with Crippen molar-refractivity contribution in [2.45, 2.75) is 50.7 Å². The van der Waals surface area contributed by atoms with E-state index in [1.807, 2.05) is 6.20 Å². The molecule has 6 nitrogen and oxygen atoms in total. The van der Waals surface area contributed by atoms with Crippen LogP contribution in [0.1, 0.15) is 49.5 Å². The Morgan fingerprint density at radius 3 is 2.53 bits per heavy atom. The highest BCUT2D eigenvalue weighted by Gasteiger charge is 2.46. The zero-order chi connectivity index (χ0) is 21.0. The number of hydrogen-bond donors (Lipinski definition) is 2. The highest BCUT2D eigenvalue weighted by molar-refractivity contribution is 5.79. The molecule has 162 valence electrons. The number of fused-ring (bicyclic) bond motifs is 1. The van der Waals surface area contributed by atoms with Crippen LogP contribution in [-0.2, 0) is 11.2 Å². The SMILES string of the molecule is NC(c1cn2nc(CC3C[C@H](C(F)(F)F)CNC3=O)ccc2n1)C(C1CC1)C1CC1. The fourth-order valence-electron chi connectivity index (χ4n) is 4.92. The van der Waals surface area contributed by atoms with Crippen molar-refractivity contribution in [1.82, 2.24) is 19.9 Å². The summed E-state index contributed by atoms with van der Waals surface area (Å²) in [5, 5.41) is 6.90. The Hall–Kier alpha value is -2.16. The summed E-state index contributed by atoms with van der Waals surface area (Å²) in [6.07, 6.45) is 2.46. The molecule has 2 aromatic heterocycles. The van der Waals surface area contributed by atoms with Crippen molar-refractivity contribution in [3.63, 3.8) is 0 Å². The molecular weight excluding hydrogens is 395 g/mol. The van der Waals surface area contributed by atoms with Gasteiger partial charge in [0.05, 0.1) is 29.5 Å². The van der Waals surface area contributed by atoms with Crippen LogP contribution in [0.25, 0.3) is 5.65 Å². The molecule has 2 unspecified atom stereocenters. The van der Waals surface area contributed by atoms with Gasteiger partial charge in [0.1, 0.15) is 0 Å². The molecule has 3 atom stereocenters. The van der Waals surface area contributed by atoms with Crippen LogP contribution in [0.5, 0.6) is 0 Å². The molecule has 0 spiro atoms. The van der Waals surface area contributed by atoms with E-state index in [1.165, 1.54) is 25.7 Å². The molecule has 3 fully saturated rings. The summed E-state index contributed by atoms with van der Waals surface area (Å²) < 4.78 is 40.8. The number of aromatic nitrogens is 3. The van der Waals surface area contributed by atoms with E-state index < -0.39 is 18.0 Å². The van der Waals surface area contributed by atoms with E-state index in [9.17, 15) is 18.0 Å². The van der Waals surface area contributed by atoms with Gasteiger partial charge >= 0.3 is 6.18 Å². The van der Waals surface area contributed by atoms with Gasteiger partial charge in [0.15, 0.2) is 5.65 Å². The molecule has 1 amide bonds. The van der Waals surface area contributed by atoms with Crippen LogP contribution in [-0.4, -0.2) is 33.2 Å². The molecule has 9 heteroatoms. The number of halogens is 3. The lowest BCUT2D eigenvalue weighted by molar-refractivity contribution is -0.183. The summed E-state index contributed by atoms with van der Waals surface area (Å²) in [4.78, 5) is 16.7. The molecule has 5 rings (SSSR count). The minimum absolute atomic E-state index is 0.119. The van der Waals surface area contributed by atoms with E-state index in [0.29, 0.717) is 29.1 Å². The number of alkyl halides is 3. The lowest BCUT2D eigenvalue weighted by Gasteiger charge is -2.30. The number of rotatable bonds is 6. The second-order valence-corrected chi connectivity index (χ2v) is 9.19. The fraction of sp³-hybridized carbons (Fsp3) is 0.667. The molecule has 2 aromatic rings. The maximum absolute atomic E-state index is 13.1. The van der Waals surface area contributed by atoms with E-state index in [1.54, 1.807) is 16.6 Å². The molecule has 2 aliphatic carbocycles. The minimum Gasteiger partial charge on any atom is -0.355 e. The van der Waals surface area contributed by atoms with Gasteiger partial charge in [0.25, 0.3) is 0 Å². The molecule has 0 bridgehead atoms. The standard InChI is InChI=1S/C21H26F3N5O/c22-21(23,24)14-7-13(20(30)26-9-14)8-15-5-6-17-27-16(10-29(17)28-15)19(25)18(11-1-2-11)12-3-4-12/h5-6,10-14,18-19H,1-4,7-9,25H2,(H,26,30)/t13?,14-,19?/m0/s1. The van der Waals surface area contributed by atoms with Gasteiger partial charge in [-0.1, -0.05) is 0 Å². The number of carbonyl (C=O) groups is 1. The van der Waals surface area contributed by atoms with Gasteiger partial charge in [-0.15, -0.1) is 0 Å². The molecule has 0 radical (unpaired) electrons. The van der Waals surface area contributed by atoms with E-state index in [0.717, 1.165) is 5.69 Å². The fourth-order valence-corrected chi connectivity index (χ4v) is 4.92. The molecule has 3 aliphatic rings. The summed E-state index contributed by atoms with van der Waals surface area (Å²) >= 11 is 0. The van der Waals surface area contributed by atoms with Gasteiger partial charge in [-0.25, -0.2) is 9.50 Å². The van der Waals surface area contributed by atoms with Gasteiger partial charge in [0.2, 0.25) is 5.91 Å². The number of nitrogens with zero attached hydrogens (tertiary/aromatic N) is 3. The first kappa shape index (κ1) is 19.8. The second kappa shape index (κ2) is 7.21. The van der Waals surface area contributed by atoms with E-state index in [2.05, 4.69) is 15.4 Å². The predicted molar refractivity (Wildman–Crippen MR) is 103 cm³/mol. The Kier molecular flexibility index (Phi) is 4.76. The van der Waals surface area contributed by atoms with Gasteiger partial charge in [-0.05, 0) is 62.0 Å². The van der Waals surface area contributed by atoms with Crippen molar-refractivity contribution in [1.29, 1.82) is 0 Å². The van der Waals surface area contributed by atoms with E-state index in [-0.39, 0.29) is 31.3 Å². The molecule has 1 aliphatic heterocycles. The van der Waals surface area contributed by atoms with Crippen molar-refractivity contribution < 1.29 is 18.0 Å². The third-order valence-corrected chi connectivity index (χ3v) is 6.86. The summed E-state index contributed by atoms with van der Waals surface area (Å²) in [7, 11) is 0. The number of imidazole rings is 1. The van der Waals surface area contributed by atoms with E-state index in [4.69, 9.17) is 5.73 Å². The number of carbonyl (C=O) groups excluding carboxylic acids is 1. The number of nitrogens with one attached hydrogen (secondary N) is 1. The largest absolute Gasteiger partial charge is 0.393 e. The van der Waals surface area contributed by atoms with Gasteiger partial charge in [0, 0.05) is 18.9 Å². The lowest BCUT2D eigenvalue weighted by atomic mass is 9.86. The van der Waals surface area contributed by atoms with Gasteiger partial charge < -0.3 is 11.1 Å². The van der Waals surface area contributed by atoms with Crippen LogP contribution in [0.2, 0.25) is 0 Å². The third-order valence-electron chi connectivity index (χ3n) is 6.86. The molecule has 1 saturated heterocycles. The van der Waals surface area contributed by atoms with Crippen molar-refractivity contribution in [2.24, 2.45) is 35.3 Å². The first-order valence-corrected chi connectivity index (χ1v) is 10.7. The molecule has 30 heavy (non-hydrogen) atoms. The maximum atomic E-state index is 13.1. The van der Waals surface area contributed by atoms with Crippen LogP contribution in [0.15, 0.2) is 18.3 Å². The Morgan fingerprint density at radius 2 is 1.90 bits per heavy atom. The Bertz CT molecular complexity index is 938. The number of hydrogen-bond acceptors (Lipinski definition) is 4. The summed E-state index contributed by atoms with van der Waals surface area (Å²) in [5.41, 5.74) is 8.64. The number of amides is 1. The molecule has 2 saturated carbocycles. The van der Waals surface area contributed by atoms with Crippen molar-refractivity contribution >= 4 is 11.6 Å². The topological polar surface area (TPSA) is 85.3 Å². The zero-order valence-electron chi connectivity index (χ0n) is 16.6. The predicted octanol–water partition coefficient (Wildman–Crippen LogP) is 3.02.